The number of hydrogen-bond donors (Lipinski definition) is 1. The van der Waals surface area contributed by atoms with Gasteiger partial charge in [0.15, 0.2) is 0 Å². The van der Waals surface area contributed by atoms with E-state index in [1.165, 1.54) is 4.31 Å². The van der Waals surface area contributed by atoms with Crippen LogP contribution in [0.1, 0.15) is 5.56 Å². The molecule has 0 bridgehead atoms. The third-order valence-electron chi connectivity index (χ3n) is 3.22. The van der Waals surface area contributed by atoms with E-state index in [1.54, 1.807) is 24.3 Å². The van der Waals surface area contributed by atoms with E-state index in [-0.39, 0.29) is 31.1 Å². The second-order valence-electron chi connectivity index (χ2n) is 4.66. The summed E-state index contributed by atoms with van der Waals surface area (Å²) in [5.74, 6) is 0. The van der Waals surface area contributed by atoms with Crippen molar-refractivity contribution in [3.8, 4) is 0 Å². The van der Waals surface area contributed by atoms with E-state index in [0.29, 0.717) is 0 Å². The van der Waals surface area contributed by atoms with Gasteiger partial charge >= 0.3 is 0 Å². The molecule has 9 heteroatoms. The molecule has 2 N–H and O–H groups in total. The quantitative estimate of drug-likeness (QED) is 0.812. The Labute approximate surface area is 119 Å². The van der Waals surface area contributed by atoms with Crippen LogP contribution in [0.15, 0.2) is 29.2 Å². The van der Waals surface area contributed by atoms with Gasteiger partial charge in [-0.15, -0.1) is 0 Å². The second-order valence-corrected chi connectivity index (χ2v) is 8.15. The zero-order chi connectivity index (χ0) is 15.0. The predicted molar refractivity (Wildman–Crippen MR) is 74.6 cm³/mol. The minimum absolute atomic E-state index is 0.0733. The summed E-state index contributed by atoms with van der Waals surface area (Å²) in [6.45, 7) is 2.23. The average Bonchev–Trinajstić information content (AvgIpc) is 2.38. The van der Waals surface area contributed by atoms with E-state index in [9.17, 15) is 16.8 Å². The minimum atomic E-state index is -3.75. The Hall–Kier alpha value is -1.00. The summed E-state index contributed by atoms with van der Waals surface area (Å²) in [5.41, 5.74) is 0.975. The third kappa shape index (κ3) is 3.18. The average molecular weight is 319 g/mol. The molecule has 1 aliphatic rings. The number of sulfonamides is 1. The highest BCUT2D eigenvalue weighted by atomic mass is 32.2. The first-order chi connectivity index (χ1) is 9.21. The molecule has 1 aromatic rings. The van der Waals surface area contributed by atoms with E-state index < -0.39 is 20.2 Å². The number of hydrogen-bond acceptors (Lipinski definition) is 4. The largest absolute Gasteiger partial charge is 0.276 e. The van der Waals surface area contributed by atoms with E-state index in [1.807, 2.05) is 6.92 Å². The first kappa shape index (κ1) is 15.4. The third-order valence-corrected chi connectivity index (χ3v) is 6.21. The topological polar surface area (TPSA) is 101 Å². The maximum atomic E-state index is 12.4. The Morgan fingerprint density at radius 1 is 0.900 bits per heavy atom. The maximum absolute atomic E-state index is 12.4. The van der Waals surface area contributed by atoms with Crippen molar-refractivity contribution in [2.24, 2.45) is 5.14 Å². The minimum Gasteiger partial charge on any atom is -0.216 e. The maximum Gasteiger partial charge on any atom is 0.276 e. The van der Waals surface area contributed by atoms with Crippen LogP contribution in [-0.4, -0.2) is 51.6 Å². The molecule has 0 aliphatic carbocycles. The van der Waals surface area contributed by atoms with E-state index in [2.05, 4.69) is 0 Å². The van der Waals surface area contributed by atoms with Crippen LogP contribution in [0.4, 0.5) is 0 Å². The lowest BCUT2D eigenvalue weighted by Gasteiger charge is -2.32. The van der Waals surface area contributed by atoms with E-state index in [4.69, 9.17) is 5.14 Å². The number of aryl methyl sites for hydroxylation is 1. The van der Waals surface area contributed by atoms with Crippen LogP contribution in [0.25, 0.3) is 0 Å². The molecular formula is C11H17N3O4S2. The SMILES string of the molecule is Cc1ccc(S(=O)(=O)N2CCN(S(N)(=O)=O)CC2)cc1. The molecule has 0 amide bonds. The molecule has 0 atom stereocenters. The molecule has 20 heavy (non-hydrogen) atoms. The van der Waals surface area contributed by atoms with Crippen LogP contribution in [0.3, 0.4) is 0 Å². The molecule has 2 rings (SSSR count). The van der Waals surface area contributed by atoms with Crippen LogP contribution in [0.2, 0.25) is 0 Å². The van der Waals surface area contributed by atoms with Gasteiger partial charge in [-0.3, -0.25) is 0 Å². The molecule has 1 fully saturated rings. The monoisotopic (exact) mass is 319 g/mol. The van der Waals surface area contributed by atoms with Crippen LogP contribution in [0.5, 0.6) is 0 Å². The van der Waals surface area contributed by atoms with Crippen LogP contribution < -0.4 is 5.14 Å². The van der Waals surface area contributed by atoms with Crippen molar-refractivity contribution in [2.45, 2.75) is 11.8 Å². The van der Waals surface area contributed by atoms with Gasteiger partial charge in [0.25, 0.3) is 10.2 Å². The van der Waals surface area contributed by atoms with Gasteiger partial charge in [0.1, 0.15) is 0 Å². The normalized spacial score (nSPS) is 19.1. The molecule has 112 valence electrons. The van der Waals surface area contributed by atoms with Gasteiger partial charge in [-0.2, -0.15) is 17.0 Å². The summed E-state index contributed by atoms with van der Waals surface area (Å²) in [5, 5.41) is 5.02. The molecule has 0 radical (unpaired) electrons. The van der Waals surface area contributed by atoms with Gasteiger partial charge in [0.2, 0.25) is 10.0 Å². The fourth-order valence-electron chi connectivity index (χ4n) is 2.02. The lowest BCUT2D eigenvalue weighted by molar-refractivity contribution is 0.273. The molecule has 0 aromatic heterocycles. The second kappa shape index (κ2) is 5.41. The molecule has 1 saturated heterocycles. The lowest BCUT2D eigenvalue weighted by Crippen LogP contribution is -2.52. The molecule has 0 unspecified atom stereocenters. The van der Waals surface area contributed by atoms with Crippen LogP contribution >= 0.6 is 0 Å². The van der Waals surface area contributed by atoms with E-state index >= 15 is 0 Å². The summed E-state index contributed by atoms with van der Waals surface area (Å²) < 4.78 is 49.5. The number of piperazine rings is 1. The Morgan fingerprint density at radius 3 is 1.80 bits per heavy atom. The predicted octanol–water partition coefficient (Wildman–Crippen LogP) is -0.495. The van der Waals surface area contributed by atoms with Crippen molar-refractivity contribution in [2.75, 3.05) is 26.2 Å². The molecule has 1 heterocycles. The Bertz CT molecular complexity index is 675. The standard InChI is InChI=1S/C11H17N3O4S2/c1-10-2-4-11(5-3-10)19(15,16)13-6-8-14(9-7-13)20(12,17)18/h2-5H,6-9H2,1H3,(H2,12,17,18). The van der Waals surface area contributed by atoms with Gasteiger partial charge < -0.3 is 0 Å². The number of benzene rings is 1. The van der Waals surface area contributed by atoms with Gasteiger partial charge in [-0.25, -0.2) is 13.6 Å². The van der Waals surface area contributed by atoms with Crippen molar-refractivity contribution in [3.05, 3.63) is 29.8 Å². The molecule has 7 nitrogen and oxygen atoms in total. The van der Waals surface area contributed by atoms with Crippen molar-refractivity contribution in [1.82, 2.24) is 8.61 Å². The summed E-state index contributed by atoms with van der Waals surface area (Å²) >= 11 is 0. The lowest BCUT2D eigenvalue weighted by atomic mass is 10.2. The Kier molecular flexibility index (Phi) is 4.17. The van der Waals surface area contributed by atoms with Crippen molar-refractivity contribution in [3.63, 3.8) is 0 Å². The smallest absolute Gasteiger partial charge is 0.216 e. The fraction of sp³-hybridized carbons (Fsp3) is 0.455. The highest BCUT2D eigenvalue weighted by Crippen LogP contribution is 2.18. The summed E-state index contributed by atoms with van der Waals surface area (Å²) in [6.07, 6.45) is 0. The fourth-order valence-corrected chi connectivity index (χ4v) is 4.12. The van der Waals surface area contributed by atoms with Crippen molar-refractivity contribution >= 4 is 20.2 Å². The van der Waals surface area contributed by atoms with Crippen molar-refractivity contribution in [1.29, 1.82) is 0 Å². The van der Waals surface area contributed by atoms with E-state index in [0.717, 1.165) is 9.87 Å². The summed E-state index contributed by atoms with van der Waals surface area (Å²) in [4.78, 5) is 0.215. The molecule has 1 aromatic carbocycles. The van der Waals surface area contributed by atoms with Gasteiger partial charge in [-0.05, 0) is 19.1 Å². The first-order valence-electron chi connectivity index (χ1n) is 6.06. The zero-order valence-corrected chi connectivity index (χ0v) is 12.7. The van der Waals surface area contributed by atoms with Crippen LogP contribution in [-0.2, 0) is 20.2 Å². The highest BCUT2D eigenvalue weighted by Gasteiger charge is 2.31. The van der Waals surface area contributed by atoms with Crippen molar-refractivity contribution < 1.29 is 16.8 Å². The number of nitrogens with zero attached hydrogens (tertiary/aromatic N) is 2. The highest BCUT2D eigenvalue weighted by molar-refractivity contribution is 7.89. The molecule has 1 aliphatic heterocycles. The Balaban J connectivity index is 2.15. The zero-order valence-electron chi connectivity index (χ0n) is 11.1. The number of nitrogens with two attached hydrogens (primary N) is 1. The molecule has 0 saturated carbocycles. The summed E-state index contributed by atoms with van der Waals surface area (Å²) in [7, 11) is -7.33. The Morgan fingerprint density at radius 2 is 1.35 bits per heavy atom. The molecular weight excluding hydrogens is 302 g/mol. The summed E-state index contributed by atoms with van der Waals surface area (Å²) in [6, 6.07) is 6.56. The number of rotatable bonds is 3. The van der Waals surface area contributed by atoms with Gasteiger partial charge in [0.05, 0.1) is 4.90 Å². The van der Waals surface area contributed by atoms with Gasteiger partial charge in [0, 0.05) is 26.2 Å². The molecule has 0 spiro atoms. The van der Waals surface area contributed by atoms with Crippen LogP contribution in [0, 0.1) is 6.92 Å². The first-order valence-corrected chi connectivity index (χ1v) is 9.00. The van der Waals surface area contributed by atoms with Gasteiger partial charge in [-0.1, -0.05) is 17.7 Å².